The second kappa shape index (κ2) is 6.26. The summed E-state index contributed by atoms with van der Waals surface area (Å²) >= 11 is 7.56. The maximum absolute atomic E-state index is 6.16. The van der Waals surface area contributed by atoms with Crippen LogP contribution in [0, 0.1) is 6.92 Å². The molecule has 0 saturated carbocycles. The van der Waals surface area contributed by atoms with Gasteiger partial charge in [0.1, 0.15) is 16.2 Å². The smallest absolute Gasteiger partial charge is 0.240 e. The molecular formula is C15H12ClN7OS. The van der Waals surface area contributed by atoms with Gasteiger partial charge in [-0.1, -0.05) is 11.6 Å². The van der Waals surface area contributed by atoms with Crippen molar-refractivity contribution in [1.29, 1.82) is 0 Å². The number of fused-ring (bicyclic) bond motifs is 1. The van der Waals surface area contributed by atoms with E-state index in [1.165, 1.54) is 11.3 Å². The van der Waals surface area contributed by atoms with Crippen LogP contribution >= 0.6 is 22.9 Å². The van der Waals surface area contributed by atoms with Crippen molar-refractivity contribution in [2.24, 2.45) is 0 Å². The Kier molecular flexibility index (Phi) is 3.94. The van der Waals surface area contributed by atoms with Gasteiger partial charge in [-0.2, -0.15) is 15.0 Å². The highest BCUT2D eigenvalue weighted by atomic mass is 35.5. The number of anilines is 2. The summed E-state index contributed by atoms with van der Waals surface area (Å²) in [5.41, 5.74) is 3.91. The highest BCUT2D eigenvalue weighted by Gasteiger charge is 2.12. The summed E-state index contributed by atoms with van der Waals surface area (Å²) in [6, 6.07) is 3.67. The number of aryl methyl sites for hydroxylation is 1. The number of ether oxygens (including phenoxy) is 1. The van der Waals surface area contributed by atoms with Crippen LogP contribution in [0.5, 0.6) is 5.88 Å². The Bertz CT molecular complexity index is 1060. The zero-order chi connectivity index (χ0) is 17.4. The number of imidazole rings is 1. The fraction of sp³-hybridized carbons (Fsp3) is 0.133. The van der Waals surface area contributed by atoms with Crippen molar-refractivity contribution in [3.8, 4) is 11.6 Å². The Morgan fingerprint density at radius 2 is 2.08 bits per heavy atom. The van der Waals surface area contributed by atoms with Crippen LogP contribution in [0.2, 0.25) is 5.15 Å². The summed E-state index contributed by atoms with van der Waals surface area (Å²) in [5.74, 6) is 1.30. The Hall–Kier alpha value is -2.78. The van der Waals surface area contributed by atoms with Gasteiger partial charge in [-0.3, -0.25) is 0 Å². The molecule has 8 nitrogen and oxygen atoms in total. The summed E-state index contributed by atoms with van der Waals surface area (Å²) in [6.45, 7) is 1.92. The van der Waals surface area contributed by atoms with E-state index in [2.05, 4.69) is 30.2 Å². The highest BCUT2D eigenvalue weighted by Crippen LogP contribution is 2.27. The van der Waals surface area contributed by atoms with Crippen LogP contribution in [0.15, 0.2) is 30.2 Å². The van der Waals surface area contributed by atoms with Gasteiger partial charge in [0.25, 0.3) is 0 Å². The molecule has 0 bridgehead atoms. The number of aromatic nitrogens is 6. The fourth-order valence-corrected chi connectivity index (χ4v) is 3.21. The molecule has 0 aliphatic carbocycles. The van der Waals surface area contributed by atoms with E-state index in [1.54, 1.807) is 25.0 Å². The van der Waals surface area contributed by atoms with E-state index < -0.39 is 0 Å². The topological polar surface area (TPSA) is 90.6 Å². The van der Waals surface area contributed by atoms with Crippen LogP contribution in [0.3, 0.4) is 0 Å². The van der Waals surface area contributed by atoms with Gasteiger partial charge in [0.2, 0.25) is 11.8 Å². The first-order valence-electron chi connectivity index (χ1n) is 7.24. The zero-order valence-corrected chi connectivity index (χ0v) is 14.8. The third kappa shape index (κ3) is 2.99. The van der Waals surface area contributed by atoms with Crippen molar-refractivity contribution < 1.29 is 4.74 Å². The second-order valence-corrected chi connectivity index (χ2v) is 6.33. The van der Waals surface area contributed by atoms with Crippen LogP contribution in [-0.4, -0.2) is 36.6 Å². The first kappa shape index (κ1) is 15.7. The standard InChI is InChI=1S/C15H12ClN7OS/c1-8-5-23(6-17-8)9-3-4-10(19-14(9)24-2)20-15-21-12(16)11-13(22-15)18-7-25-11/h3-7H,1-2H3,(H,19,20,21,22). The maximum Gasteiger partial charge on any atom is 0.240 e. The average Bonchev–Trinajstić information content (AvgIpc) is 3.24. The van der Waals surface area contributed by atoms with Crippen LogP contribution in [0.4, 0.5) is 11.8 Å². The number of thiazole rings is 1. The quantitative estimate of drug-likeness (QED) is 0.548. The van der Waals surface area contributed by atoms with Crippen LogP contribution in [0.1, 0.15) is 5.69 Å². The second-order valence-electron chi connectivity index (χ2n) is 5.12. The maximum atomic E-state index is 6.16. The predicted molar refractivity (Wildman–Crippen MR) is 96.2 cm³/mol. The van der Waals surface area contributed by atoms with E-state index in [1.807, 2.05) is 23.8 Å². The molecule has 10 heteroatoms. The Labute approximate surface area is 151 Å². The van der Waals surface area contributed by atoms with Gasteiger partial charge in [-0.15, -0.1) is 11.3 Å². The number of rotatable bonds is 4. The van der Waals surface area contributed by atoms with Crippen molar-refractivity contribution in [1.82, 2.24) is 29.5 Å². The van der Waals surface area contributed by atoms with Gasteiger partial charge in [0.05, 0.1) is 24.6 Å². The summed E-state index contributed by atoms with van der Waals surface area (Å²) in [7, 11) is 1.56. The molecule has 0 atom stereocenters. The molecule has 0 fully saturated rings. The van der Waals surface area contributed by atoms with E-state index in [4.69, 9.17) is 16.3 Å². The number of nitrogens with zero attached hydrogens (tertiary/aromatic N) is 6. The largest absolute Gasteiger partial charge is 0.479 e. The van der Waals surface area contributed by atoms with Gasteiger partial charge < -0.3 is 14.6 Å². The van der Waals surface area contributed by atoms with E-state index >= 15 is 0 Å². The lowest BCUT2D eigenvalue weighted by atomic mass is 10.3. The number of halogens is 1. The molecule has 4 rings (SSSR count). The first-order chi connectivity index (χ1) is 12.1. The molecule has 0 amide bonds. The van der Waals surface area contributed by atoms with Crippen molar-refractivity contribution in [2.75, 3.05) is 12.4 Å². The highest BCUT2D eigenvalue weighted by molar-refractivity contribution is 7.17. The van der Waals surface area contributed by atoms with E-state index in [9.17, 15) is 0 Å². The van der Waals surface area contributed by atoms with Crippen LogP contribution in [0.25, 0.3) is 16.0 Å². The van der Waals surface area contributed by atoms with E-state index in [-0.39, 0.29) is 0 Å². The van der Waals surface area contributed by atoms with E-state index in [0.29, 0.717) is 28.4 Å². The first-order valence-corrected chi connectivity index (χ1v) is 8.49. The summed E-state index contributed by atoms with van der Waals surface area (Å²) in [6.07, 6.45) is 3.60. The van der Waals surface area contributed by atoms with Gasteiger partial charge in [-0.25, -0.2) is 9.97 Å². The minimum Gasteiger partial charge on any atom is -0.479 e. The molecule has 1 N–H and O–H groups in total. The third-order valence-corrected chi connectivity index (χ3v) is 4.62. The van der Waals surface area contributed by atoms with Gasteiger partial charge in [-0.05, 0) is 19.1 Å². The minimum atomic E-state index is 0.323. The summed E-state index contributed by atoms with van der Waals surface area (Å²) < 4.78 is 7.99. The molecule has 0 unspecified atom stereocenters. The Morgan fingerprint density at radius 3 is 2.84 bits per heavy atom. The van der Waals surface area contributed by atoms with Gasteiger partial charge >= 0.3 is 0 Å². The zero-order valence-electron chi connectivity index (χ0n) is 13.3. The van der Waals surface area contributed by atoms with Crippen LogP contribution < -0.4 is 10.1 Å². The van der Waals surface area contributed by atoms with Crippen LogP contribution in [-0.2, 0) is 0 Å². The summed E-state index contributed by atoms with van der Waals surface area (Å²) in [4.78, 5) is 21.4. The molecule has 4 aromatic rings. The number of hydrogen-bond donors (Lipinski definition) is 1. The number of nitrogens with one attached hydrogen (secondary N) is 1. The van der Waals surface area contributed by atoms with Gasteiger partial charge in [0.15, 0.2) is 10.8 Å². The number of pyridine rings is 1. The third-order valence-electron chi connectivity index (χ3n) is 3.42. The molecule has 0 aromatic carbocycles. The molecule has 4 aromatic heterocycles. The fourth-order valence-electron chi connectivity index (χ4n) is 2.30. The van der Waals surface area contributed by atoms with E-state index in [0.717, 1.165) is 16.1 Å². The predicted octanol–water partition coefficient (Wildman–Crippen LogP) is 3.38. The molecule has 0 saturated heterocycles. The Morgan fingerprint density at radius 1 is 1.20 bits per heavy atom. The normalized spacial score (nSPS) is 11.0. The van der Waals surface area contributed by atoms with Crippen molar-refractivity contribution in [3.63, 3.8) is 0 Å². The van der Waals surface area contributed by atoms with Crippen molar-refractivity contribution in [3.05, 3.63) is 41.0 Å². The molecule has 25 heavy (non-hydrogen) atoms. The molecule has 126 valence electrons. The van der Waals surface area contributed by atoms with Crippen molar-refractivity contribution in [2.45, 2.75) is 6.92 Å². The molecule has 0 aliphatic heterocycles. The van der Waals surface area contributed by atoms with Gasteiger partial charge in [0, 0.05) is 6.20 Å². The average molecular weight is 374 g/mol. The minimum absolute atomic E-state index is 0.323. The SMILES string of the molecule is COc1nc(Nc2nc(Cl)c3scnc3n2)ccc1-n1cnc(C)c1. The molecular weight excluding hydrogens is 362 g/mol. The lowest BCUT2D eigenvalue weighted by Crippen LogP contribution is -2.03. The molecule has 0 spiro atoms. The number of methoxy groups -OCH3 is 1. The molecule has 0 radical (unpaired) electrons. The monoisotopic (exact) mass is 373 g/mol. The molecule has 0 aliphatic rings. The number of hydrogen-bond acceptors (Lipinski definition) is 8. The lowest BCUT2D eigenvalue weighted by Gasteiger charge is -2.10. The van der Waals surface area contributed by atoms with Crippen molar-refractivity contribution >= 4 is 45.1 Å². The lowest BCUT2D eigenvalue weighted by molar-refractivity contribution is 0.396. The molecule has 4 heterocycles. The summed E-state index contributed by atoms with van der Waals surface area (Å²) in [5, 5.41) is 3.38. The Balaban J connectivity index is 1.68.